The first-order valence-electron chi connectivity index (χ1n) is 10.7. The third-order valence-electron chi connectivity index (χ3n) is 5.63. The number of β-amino-alcohol motifs (C(OH)–C–C–N with tert-alkyl or cyclic N) is 1. The molecule has 0 spiro atoms. The molecule has 32 heavy (non-hydrogen) atoms. The number of amides is 1. The fourth-order valence-electron chi connectivity index (χ4n) is 3.89. The van der Waals surface area contributed by atoms with Crippen molar-refractivity contribution in [2.75, 3.05) is 36.4 Å². The summed E-state index contributed by atoms with van der Waals surface area (Å²) in [6.07, 6.45) is 1.35. The molecule has 1 fully saturated rings. The van der Waals surface area contributed by atoms with Crippen molar-refractivity contribution in [2.45, 2.75) is 39.0 Å². The number of carbonyl (C=O) groups excluding carboxylic acids is 1. The minimum Gasteiger partial charge on any atom is -0.391 e. The number of hydrogen-bond acceptors (Lipinski definition) is 7. The van der Waals surface area contributed by atoms with E-state index in [-0.39, 0.29) is 30.1 Å². The average molecular weight is 465 g/mol. The van der Waals surface area contributed by atoms with Gasteiger partial charge in [0, 0.05) is 36.6 Å². The molecule has 0 bridgehead atoms. The van der Waals surface area contributed by atoms with E-state index in [1.54, 1.807) is 6.07 Å². The van der Waals surface area contributed by atoms with Crippen molar-refractivity contribution in [2.24, 2.45) is 11.7 Å². The molecule has 0 aliphatic carbocycles. The van der Waals surface area contributed by atoms with Crippen LogP contribution < -0.4 is 16.0 Å². The number of halogens is 2. The first-order chi connectivity index (χ1) is 15.2. The molecule has 1 aliphatic rings. The lowest BCUT2D eigenvalue weighted by Crippen LogP contribution is -2.48. The first-order valence-corrected chi connectivity index (χ1v) is 11.1. The Labute approximate surface area is 192 Å². The SMILES string of the molecule is CC(C)N(Cc1cccc(Cl)c1)c1ncnc(NC[C@@H]2CCN(CC(N)=O)C[C@H]2O)c1F. The molecule has 8 nitrogen and oxygen atoms in total. The van der Waals surface area contributed by atoms with Crippen molar-refractivity contribution < 1.29 is 14.3 Å². The molecule has 4 N–H and O–H groups in total. The third kappa shape index (κ3) is 6.27. The summed E-state index contributed by atoms with van der Waals surface area (Å²) < 4.78 is 15.3. The number of aliphatic hydroxyl groups excluding tert-OH is 1. The Hall–Kier alpha value is -2.49. The zero-order chi connectivity index (χ0) is 23.3. The Morgan fingerprint density at radius 1 is 1.44 bits per heavy atom. The van der Waals surface area contributed by atoms with Gasteiger partial charge in [0.1, 0.15) is 6.33 Å². The molecule has 174 valence electrons. The third-order valence-corrected chi connectivity index (χ3v) is 5.86. The van der Waals surface area contributed by atoms with Gasteiger partial charge >= 0.3 is 0 Å². The topological polar surface area (TPSA) is 108 Å². The van der Waals surface area contributed by atoms with Gasteiger partial charge in [-0.2, -0.15) is 4.39 Å². The summed E-state index contributed by atoms with van der Waals surface area (Å²) in [5.41, 5.74) is 6.18. The van der Waals surface area contributed by atoms with Gasteiger partial charge in [0.05, 0.1) is 12.6 Å². The number of anilines is 2. The van der Waals surface area contributed by atoms with Gasteiger partial charge in [-0.3, -0.25) is 9.69 Å². The molecule has 0 unspecified atom stereocenters. The maximum absolute atomic E-state index is 15.3. The van der Waals surface area contributed by atoms with E-state index in [4.69, 9.17) is 17.3 Å². The predicted molar refractivity (Wildman–Crippen MR) is 123 cm³/mol. The number of piperidine rings is 1. The summed E-state index contributed by atoms with van der Waals surface area (Å²) in [6, 6.07) is 7.43. The second-order valence-corrected chi connectivity index (χ2v) is 8.85. The van der Waals surface area contributed by atoms with Gasteiger partial charge in [-0.25, -0.2) is 9.97 Å². The van der Waals surface area contributed by atoms with Gasteiger partial charge in [-0.05, 0) is 44.5 Å². The molecule has 1 saturated heterocycles. The lowest BCUT2D eigenvalue weighted by Gasteiger charge is -2.35. The number of aliphatic hydroxyl groups is 1. The second-order valence-electron chi connectivity index (χ2n) is 8.41. The van der Waals surface area contributed by atoms with Gasteiger partial charge in [0.25, 0.3) is 0 Å². The highest BCUT2D eigenvalue weighted by Crippen LogP contribution is 2.26. The van der Waals surface area contributed by atoms with Gasteiger partial charge < -0.3 is 21.1 Å². The fourth-order valence-corrected chi connectivity index (χ4v) is 4.11. The molecule has 1 aromatic carbocycles. The van der Waals surface area contributed by atoms with E-state index >= 15 is 4.39 Å². The van der Waals surface area contributed by atoms with Gasteiger partial charge in [0.15, 0.2) is 11.6 Å². The molecular weight excluding hydrogens is 435 g/mol. The highest BCUT2D eigenvalue weighted by Gasteiger charge is 2.29. The maximum Gasteiger partial charge on any atom is 0.231 e. The van der Waals surface area contributed by atoms with Gasteiger partial charge in [-0.1, -0.05) is 23.7 Å². The Kier molecular flexibility index (Phi) is 8.22. The van der Waals surface area contributed by atoms with Crippen LogP contribution >= 0.6 is 11.6 Å². The van der Waals surface area contributed by atoms with E-state index in [0.717, 1.165) is 5.56 Å². The number of nitrogens with one attached hydrogen (secondary N) is 1. The highest BCUT2D eigenvalue weighted by molar-refractivity contribution is 6.30. The fraction of sp³-hybridized carbons (Fsp3) is 0.500. The molecule has 3 rings (SSSR count). The van der Waals surface area contributed by atoms with Crippen LogP contribution in [0.2, 0.25) is 5.02 Å². The van der Waals surface area contributed by atoms with Crippen LogP contribution in [0, 0.1) is 11.7 Å². The minimum absolute atomic E-state index is 0.0114. The lowest BCUT2D eigenvalue weighted by molar-refractivity contribution is -0.120. The molecule has 2 heterocycles. The Morgan fingerprint density at radius 2 is 2.22 bits per heavy atom. The van der Waals surface area contributed by atoms with Crippen molar-refractivity contribution in [3.63, 3.8) is 0 Å². The second kappa shape index (κ2) is 10.9. The number of carbonyl (C=O) groups is 1. The van der Waals surface area contributed by atoms with Crippen LogP contribution in [0.25, 0.3) is 0 Å². The summed E-state index contributed by atoms with van der Waals surface area (Å²) in [5.74, 6) is -0.752. The van der Waals surface area contributed by atoms with E-state index in [9.17, 15) is 9.90 Å². The highest BCUT2D eigenvalue weighted by atomic mass is 35.5. The number of rotatable bonds is 9. The quantitative estimate of drug-likeness (QED) is 0.522. The van der Waals surface area contributed by atoms with E-state index in [0.29, 0.717) is 37.6 Å². The van der Waals surface area contributed by atoms with Crippen LogP contribution in [0.5, 0.6) is 0 Å². The standard InChI is InChI=1S/C22H30ClFN6O2/c1-14(2)30(10-15-4-3-5-17(23)8-15)22-20(24)21(27-13-28-22)26-9-16-6-7-29(11-18(16)31)12-19(25)32/h3-5,8,13-14,16,18,31H,6-7,9-12H2,1-2H3,(H2,25,32)(H,26,27,28)/t16-,18+/m0/s1. The lowest BCUT2D eigenvalue weighted by atomic mass is 9.93. The number of aromatic nitrogens is 2. The number of nitrogens with two attached hydrogens (primary N) is 1. The summed E-state index contributed by atoms with van der Waals surface area (Å²) >= 11 is 6.10. The normalized spacial score (nSPS) is 19.2. The molecule has 2 atom stereocenters. The summed E-state index contributed by atoms with van der Waals surface area (Å²) in [7, 11) is 0. The molecule has 0 radical (unpaired) electrons. The summed E-state index contributed by atoms with van der Waals surface area (Å²) in [4.78, 5) is 23.0. The van der Waals surface area contributed by atoms with E-state index in [1.807, 2.05) is 41.8 Å². The van der Waals surface area contributed by atoms with Gasteiger partial charge in [-0.15, -0.1) is 0 Å². The molecule has 1 amide bonds. The zero-order valence-corrected chi connectivity index (χ0v) is 19.1. The molecule has 1 aromatic heterocycles. The average Bonchev–Trinajstić information content (AvgIpc) is 2.72. The summed E-state index contributed by atoms with van der Waals surface area (Å²) in [5, 5.41) is 14.1. The molecule has 0 saturated carbocycles. The van der Waals surface area contributed by atoms with Crippen molar-refractivity contribution in [3.05, 3.63) is 47.0 Å². The van der Waals surface area contributed by atoms with Crippen LogP contribution in [0.4, 0.5) is 16.0 Å². The monoisotopic (exact) mass is 464 g/mol. The number of hydrogen-bond donors (Lipinski definition) is 3. The van der Waals surface area contributed by atoms with Crippen molar-refractivity contribution in [1.29, 1.82) is 0 Å². The number of likely N-dealkylation sites (tertiary alicyclic amines) is 1. The van der Waals surface area contributed by atoms with Crippen molar-refractivity contribution >= 4 is 29.1 Å². The first kappa shape index (κ1) is 24.2. The van der Waals surface area contributed by atoms with Crippen LogP contribution in [-0.2, 0) is 11.3 Å². The Morgan fingerprint density at radius 3 is 2.88 bits per heavy atom. The van der Waals surface area contributed by atoms with Crippen LogP contribution in [-0.4, -0.2) is 64.2 Å². The van der Waals surface area contributed by atoms with Crippen LogP contribution in [0.15, 0.2) is 30.6 Å². The maximum atomic E-state index is 15.3. The smallest absolute Gasteiger partial charge is 0.231 e. The predicted octanol–water partition coefficient (Wildman–Crippen LogP) is 2.26. The zero-order valence-electron chi connectivity index (χ0n) is 18.3. The Bertz CT molecular complexity index is 931. The molecular formula is C22H30ClFN6O2. The molecule has 10 heteroatoms. The number of nitrogens with zero attached hydrogens (tertiary/aromatic N) is 4. The number of primary amides is 1. The van der Waals surface area contributed by atoms with Crippen molar-refractivity contribution in [3.8, 4) is 0 Å². The van der Waals surface area contributed by atoms with Gasteiger partial charge in [0.2, 0.25) is 11.7 Å². The van der Waals surface area contributed by atoms with Crippen LogP contribution in [0.1, 0.15) is 25.8 Å². The molecule has 1 aliphatic heterocycles. The summed E-state index contributed by atoms with van der Waals surface area (Å²) in [6.45, 7) is 5.86. The largest absolute Gasteiger partial charge is 0.391 e. The number of benzene rings is 1. The van der Waals surface area contributed by atoms with E-state index in [2.05, 4.69) is 15.3 Å². The van der Waals surface area contributed by atoms with Crippen LogP contribution in [0.3, 0.4) is 0 Å². The van der Waals surface area contributed by atoms with Crippen molar-refractivity contribution in [1.82, 2.24) is 14.9 Å². The Balaban J connectivity index is 1.68. The minimum atomic E-state index is -0.644. The molecule has 2 aromatic rings. The van der Waals surface area contributed by atoms with E-state index in [1.165, 1.54) is 6.33 Å². The van der Waals surface area contributed by atoms with E-state index < -0.39 is 17.8 Å².